The summed E-state index contributed by atoms with van der Waals surface area (Å²) < 4.78 is 10.1. The van der Waals surface area contributed by atoms with Crippen molar-refractivity contribution in [1.82, 2.24) is 0 Å². The third-order valence-electron chi connectivity index (χ3n) is 2.80. The number of methoxy groups -OCH3 is 1. The molecular weight excluding hydrogens is 276 g/mol. The summed E-state index contributed by atoms with van der Waals surface area (Å²) in [6.07, 6.45) is -0.186. The van der Waals surface area contributed by atoms with Gasteiger partial charge in [-0.15, -0.1) is 0 Å². The summed E-state index contributed by atoms with van der Waals surface area (Å²) >= 11 is 0. The molecule has 1 aromatic carbocycles. The molecule has 116 valence electrons. The van der Waals surface area contributed by atoms with Crippen LogP contribution in [0.15, 0.2) is 18.2 Å². The van der Waals surface area contributed by atoms with E-state index < -0.39 is 4.92 Å². The Kier molecular flexibility index (Phi) is 5.95. The minimum absolute atomic E-state index is 0.0753. The van der Waals surface area contributed by atoms with Gasteiger partial charge >= 0.3 is 11.7 Å². The number of likely N-dealkylation sites (N-methyl/N-ethyl adjacent to an activating group) is 1. The smallest absolute Gasteiger partial charge is 0.325 e. The van der Waals surface area contributed by atoms with E-state index in [0.717, 1.165) is 0 Å². The Labute approximate surface area is 123 Å². The standard InChI is InChI=1S/C14H20N2O5/c1-5-15(9-14(17)20-4)11-6-7-12(16(18)19)13(8-11)21-10(2)3/h6-8,10H,5,9H2,1-4H3. The number of hydrogen-bond acceptors (Lipinski definition) is 6. The van der Waals surface area contributed by atoms with Gasteiger partial charge in [0.05, 0.1) is 18.1 Å². The van der Waals surface area contributed by atoms with Gasteiger partial charge in [0.1, 0.15) is 6.54 Å². The van der Waals surface area contributed by atoms with Crippen molar-refractivity contribution in [2.45, 2.75) is 26.9 Å². The summed E-state index contributed by atoms with van der Waals surface area (Å²) in [5, 5.41) is 11.0. The van der Waals surface area contributed by atoms with Gasteiger partial charge in [0, 0.05) is 24.4 Å². The summed E-state index contributed by atoms with van der Waals surface area (Å²) in [6.45, 7) is 6.11. The zero-order chi connectivity index (χ0) is 16.0. The molecule has 0 heterocycles. The molecular formula is C14H20N2O5. The molecule has 0 unspecified atom stereocenters. The van der Waals surface area contributed by atoms with E-state index in [0.29, 0.717) is 12.2 Å². The predicted octanol–water partition coefficient (Wildman–Crippen LogP) is 2.38. The van der Waals surface area contributed by atoms with Crippen molar-refractivity contribution in [2.24, 2.45) is 0 Å². The van der Waals surface area contributed by atoms with Crippen molar-refractivity contribution in [1.29, 1.82) is 0 Å². The summed E-state index contributed by atoms with van der Waals surface area (Å²) in [7, 11) is 1.32. The molecule has 0 aliphatic rings. The minimum atomic E-state index is -0.488. The molecule has 0 amide bonds. The van der Waals surface area contributed by atoms with Crippen LogP contribution >= 0.6 is 0 Å². The minimum Gasteiger partial charge on any atom is -0.484 e. The average molecular weight is 296 g/mol. The van der Waals surface area contributed by atoms with Crippen molar-refractivity contribution in [2.75, 3.05) is 25.1 Å². The highest BCUT2D eigenvalue weighted by Gasteiger charge is 2.19. The Morgan fingerprint density at radius 1 is 1.43 bits per heavy atom. The van der Waals surface area contributed by atoms with E-state index >= 15 is 0 Å². The van der Waals surface area contributed by atoms with Gasteiger partial charge in [-0.3, -0.25) is 14.9 Å². The Morgan fingerprint density at radius 2 is 2.10 bits per heavy atom. The van der Waals surface area contributed by atoms with E-state index in [9.17, 15) is 14.9 Å². The lowest BCUT2D eigenvalue weighted by atomic mass is 10.2. The molecule has 21 heavy (non-hydrogen) atoms. The van der Waals surface area contributed by atoms with Crippen LogP contribution in [0.5, 0.6) is 5.75 Å². The zero-order valence-electron chi connectivity index (χ0n) is 12.7. The van der Waals surface area contributed by atoms with Crippen LogP contribution in [-0.4, -0.2) is 37.2 Å². The highest BCUT2D eigenvalue weighted by molar-refractivity contribution is 5.76. The molecule has 0 saturated carbocycles. The topological polar surface area (TPSA) is 81.9 Å². The highest BCUT2D eigenvalue weighted by Crippen LogP contribution is 2.32. The second-order valence-corrected chi connectivity index (χ2v) is 4.67. The second kappa shape index (κ2) is 7.47. The lowest BCUT2D eigenvalue weighted by Gasteiger charge is -2.22. The van der Waals surface area contributed by atoms with Crippen LogP contribution in [0.4, 0.5) is 11.4 Å². The third kappa shape index (κ3) is 4.62. The van der Waals surface area contributed by atoms with Gasteiger partial charge in [0.15, 0.2) is 5.75 Å². The Bertz CT molecular complexity index is 516. The first-order valence-electron chi connectivity index (χ1n) is 6.65. The summed E-state index contributed by atoms with van der Waals surface area (Å²) in [5.74, 6) is -0.183. The third-order valence-corrected chi connectivity index (χ3v) is 2.80. The molecule has 0 saturated heterocycles. The van der Waals surface area contributed by atoms with Gasteiger partial charge < -0.3 is 14.4 Å². The molecule has 0 radical (unpaired) electrons. The largest absolute Gasteiger partial charge is 0.484 e. The number of rotatable bonds is 7. The van der Waals surface area contributed by atoms with Gasteiger partial charge in [-0.25, -0.2) is 0 Å². The number of nitro groups is 1. The van der Waals surface area contributed by atoms with Crippen LogP contribution in [0.25, 0.3) is 0 Å². The van der Waals surface area contributed by atoms with Crippen molar-refractivity contribution in [3.05, 3.63) is 28.3 Å². The molecule has 0 fully saturated rings. The summed E-state index contributed by atoms with van der Waals surface area (Å²) in [6, 6.07) is 4.55. The number of carbonyl (C=O) groups is 1. The van der Waals surface area contributed by atoms with E-state index in [1.54, 1.807) is 30.9 Å². The highest BCUT2D eigenvalue weighted by atomic mass is 16.6. The van der Waals surface area contributed by atoms with Crippen LogP contribution in [0.2, 0.25) is 0 Å². The van der Waals surface area contributed by atoms with Gasteiger partial charge in [0.25, 0.3) is 0 Å². The molecule has 7 nitrogen and oxygen atoms in total. The van der Waals surface area contributed by atoms with Crippen molar-refractivity contribution in [3.63, 3.8) is 0 Å². The number of hydrogen-bond donors (Lipinski definition) is 0. The predicted molar refractivity (Wildman–Crippen MR) is 78.8 cm³/mol. The number of carbonyl (C=O) groups excluding carboxylic acids is 1. The lowest BCUT2D eigenvalue weighted by Crippen LogP contribution is -2.30. The van der Waals surface area contributed by atoms with E-state index in [1.165, 1.54) is 13.2 Å². The number of anilines is 1. The fourth-order valence-corrected chi connectivity index (χ4v) is 1.80. The van der Waals surface area contributed by atoms with Crippen LogP contribution in [0.1, 0.15) is 20.8 Å². The van der Waals surface area contributed by atoms with E-state index in [4.69, 9.17) is 4.74 Å². The monoisotopic (exact) mass is 296 g/mol. The van der Waals surface area contributed by atoms with Crippen molar-refractivity contribution in [3.8, 4) is 5.75 Å². The molecule has 7 heteroatoms. The fourth-order valence-electron chi connectivity index (χ4n) is 1.80. The van der Waals surface area contributed by atoms with E-state index in [1.807, 2.05) is 6.92 Å². The van der Waals surface area contributed by atoms with Crippen LogP contribution in [-0.2, 0) is 9.53 Å². The number of benzene rings is 1. The van der Waals surface area contributed by atoms with Gasteiger partial charge in [-0.2, -0.15) is 0 Å². The zero-order valence-corrected chi connectivity index (χ0v) is 12.7. The maximum Gasteiger partial charge on any atom is 0.325 e. The molecule has 0 N–H and O–H groups in total. The fraction of sp³-hybridized carbons (Fsp3) is 0.500. The SMILES string of the molecule is CCN(CC(=O)OC)c1ccc([N+](=O)[O-])c(OC(C)C)c1. The number of nitro benzene ring substituents is 1. The lowest BCUT2D eigenvalue weighted by molar-refractivity contribution is -0.386. The average Bonchev–Trinajstić information content (AvgIpc) is 2.43. The molecule has 0 atom stereocenters. The molecule has 0 bridgehead atoms. The first-order valence-corrected chi connectivity index (χ1v) is 6.65. The van der Waals surface area contributed by atoms with Gasteiger partial charge in [0.2, 0.25) is 0 Å². The van der Waals surface area contributed by atoms with Gasteiger partial charge in [-0.05, 0) is 26.8 Å². The molecule has 0 spiro atoms. The first kappa shape index (κ1) is 16.7. The van der Waals surface area contributed by atoms with Gasteiger partial charge in [-0.1, -0.05) is 0 Å². The maximum atomic E-state index is 11.4. The first-order chi connectivity index (χ1) is 9.88. The Morgan fingerprint density at radius 3 is 2.57 bits per heavy atom. The summed E-state index contributed by atoms with van der Waals surface area (Å²) in [4.78, 5) is 23.7. The second-order valence-electron chi connectivity index (χ2n) is 4.67. The van der Waals surface area contributed by atoms with Crippen LogP contribution in [0, 0.1) is 10.1 Å². The quantitative estimate of drug-likeness (QED) is 0.436. The molecule has 1 rings (SSSR count). The van der Waals surface area contributed by atoms with E-state index in [-0.39, 0.29) is 30.1 Å². The van der Waals surface area contributed by atoms with Crippen LogP contribution < -0.4 is 9.64 Å². The Hall–Kier alpha value is -2.31. The number of esters is 1. The summed E-state index contributed by atoms with van der Waals surface area (Å²) in [5.41, 5.74) is 0.575. The molecule has 0 aliphatic heterocycles. The van der Waals surface area contributed by atoms with Crippen LogP contribution in [0.3, 0.4) is 0 Å². The van der Waals surface area contributed by atoms with E-state index in [2.05, 4.69) is 4.74 Å². The molecule has 1 aromatic rings. The van der Waals surface area contributed by atoms with Crippen molar-refractivity contribution < 1.29 is 19.2 Å². The number of nitrogens with zero attached hydrogens (tertiary/aromatic N) is 2. The Balaban J connectivity index is 3.12. The maximum absolute atomic E-state index is 11.4. The molecule has 0 aromatic heterocycles. The molecule has 0 aliphatic carbocycles. The van der Waals surface area contributed by atoms with Crippen molar-refractivity contribution >= 4 is 17.3 Å². The number of ether oxygens (including phenoxy) is 2. The normalized spacial score (nSPS) is 10.3.